The molecule has 0 saturated carbocycles. The van der Waals surface area contributed by atoms with E-state index in [9.17, 15) is 4.79 Å². The molecule has 0 aromatic heterocycles. The molecule has 0 N–H and O–H groups in total. The molecule has 13 heavy (non-hydrogen) atoms. The topological polar surface area (TPSA) is 17.1 Å². The predicted molar refractivity (Wildman–Crippen MR) is 57.7 cm³/mol. The molecule has 0 atom stereocenters. The molecule has 0 aromatic rings. The van der Waals surface area contributed by atoms with Crippen molar-refractivity contribution in [3.8, 4) is 0 Å². The summed E-state index contributed by atoms with van der Waals surface area (Å²) in [5.41, 5.74) is 0.996. The highest BCUT2D eigenvalue weighted by Gasteiger charge is 2.01. The van der Waals surface area contributed by atoms with Crippen molar-refractivity contribution in [1.29, 1.82) is 0 Å². The lowest BCUT2D eigenvalue weighted by Gasteiger charge is -2.07. The van der Waals surface area contributed by atoms with Gasteiger partial charge in [0.15, 0.2) is 0 Å². The summed E-state index contributed by atoms with van der Waals surface area (Å²) in [6.45, 7) is 6.50. The van der Waals surface area contributed by atoms with Gasteiger partial charge in [0.05, 0.1) is 0 Å². The van der Waals surface area contributed by atoms with E-state index in [1.165, 1.54) is 0 Å². The lowest BCUT2D eigenvalue weighted by Crippen LogP contribution is -1.95. The number of allylic oxidation sites excluding steroid dienone is 2. The first-order chi connectivity index (χ1) is 6.28. The van der Waals surface area contributed by atoms with Crippen molar-refractivity contribution in [3.63, 3.8) is 0 Å². The summed E-state index contributed by atoms with van der Waals surface area (Å²) in [6, 6.07) is 0. The molecule has 0 aromatic carbocycles. The molecule has 0 rings (SSSR count). The molecular formula is C12H22O. The number of unbranched alkanes of at least 4 members (excludes halogenated alkanes) is 1. The van der Waals surface area contributed by atoms with E-state index in [4.69, 9.17) is 0 Å². The molecular weight excluding hydrogens is 160 g/mol. The average molecular weight is 182 g/mol. The molecule has 0 aliphatic carbocycles. The fraction of sp³-hybridized carbons (Fsp3) is 0.750. The maximum absolute atomic E-state index is 10.7. The third-order valence-corrected chi connectivity index (χ3v) is 2.47. The van der Waals surface area contributed by atoms with Crippen molar-refractivity contribution >= 4 is 6.29 Å². The first-order valence-electron chi connectivity index (χ1n) is 5.44. The van der Waals surface area contributed by atoms with Crippen molar-refractivity contribution in [2.24, 2.45) is 5.92 Å². The van der Waals surface area contributed by atoms with Crippen LogP contribution in [0.5, 0.6) is 0 Å². The maximum Gasteiger partial charge on any atom is 0.145 e. The van der Waals surface area contributed by atoms with Crippen molar-refractivity contribution in [2.75, 3.05) is 0 Å². The molecule has 0 saturated heterocycles. The maximum atomic E-state index is 10.7. The standard InChI is InChI=1S/C12H22O/c1-4-7-8-12(10-13)9-11(5-2)6-3/h9-11H,4-8H2,1-3H3. The van der Waals surface area contributed by atoms with Crippen LogP contribution in [-0.2, 0) is 4.79 Å². The van der Waals surface area contributed by atoms with Gasteiger partial charge in [0.1, 0.15) is 6.29 Å². The molecule has 0 amide bonds. The molecule has 0 aliphatic rings. The van der Waals surface area contributed by atoms with Gasteiger partial charge in [0.2, 0.25) is 0 Å². The molecule has 0 spiro atoms. The summed E-state index contributed by atoms with van der Waals surface area (Å²) >= 11 is 0. The van der Waals surface area contributed by atoms with Gasteiger partial charge in [-0.1, -0.05) is 33.3 Å². The summed E-state index contributed by atoms with van der Waals surface area (Å²) in [5, 5.41) is 0. The first kappa shape index (κ1) is 12.4. The number of hydrogen-bond donors (Lipinski definition) is 0. The normalized spacial score (nSPS) is 12.2. The smallest absolute Gasteiger partial charge is 0.145 e. The van der Waals surface area contributed by atoms with Gasteiger partial charge in [-0.3, -0.25) is 4.79 Å². The van der Waals surface area contributed by atoms with E-state index in [1.54, 1.807) is 0 Å². The van der Waals surface area contributed by atoms with Crippen LogP contribution in [0.3, 0.4) is 0 Å². The Morgan fingerprint density at radius 1 is 1.23 bits per heavy atom. The van der Waals surface area contributed by atoms with E-state index in [0.29, 0.717) is 5.92 Å². The predicted octanol–water partition coefficient (Wildman–Crippen LogP) is 3.74. The second-order valence-electron chi connectivity index (χ2n) is 3.54. The van der Waals surface area contributed by atoms with Crippen LogP contribution >= 0.6 is 0 Å². The summed E-state index contributed by atoms with van der Waals surface area (Å²) in [5.74, 6) is 0.594. The molecule has 1 heteroatoms. The Hall–Kier alpha value is -0.590. The van der Waals surface area contributed by atoms with Crippen LogP contribution in [0, 0.1) is 5.92 Å². The number of aldehydes is 1. The van der Waals surface area contributed by atoms with Crippen molar-refractivity contribution in [1.82, 2.24) is 0 Å². The van der Waals surface area contributed by atoms with Gasteiger partial charge in [-0.2, -0.15) is 0 Å². The summed E-state index contributed by atoms with van der Waals surface area (Å²) in [4.78, 5) is 10.7. The van der Waals surface area contributed by atoms with E-state index in [-0.39, 0.29) is 0 Å². The second-order valence-corrected chi connectivity index (χ2v) is 3.54. The largest absolute Gasteiger partial charge is 0.298 e. The lowest BCUT2D eigenvalue weighted by molar-refractivity contribution is -0.105. The molecule has 76 valence electrons. The number of carbonyl (C=O) groups excluding carboxylic acids is 1. The van der Waals surface area contributed by atoms with E-state index in [1.807, 2.05) is 0 Å². The van der Waals surface area contributed by atoms with Crippen LogP contribution in [0.25, 0.3) is 0 Å². The van der Waals surface area contributed by atoms with Gasteiger partial charge in [0.25, 0.3) is 0 Å². The second kappa shape index (κ2) is 8.03. The van der Waals surface area contributed by atoms with Crippen LogP contribution in [0.15, 0.2) is 11.6 Å². The van der Waals surface area contributed by atoms with Gasteiger partial charge < -0.3 is 0 Å². The molecule has 0 heterocycles. The molecule has 0 fully saturated rings. The highest BCUT2D eigenvalue weighted by atomic mass is 16.1. The molecule has 1 nitrogen and oxygen atoms in total. The van der Waals surface area contributed by atoms with Gasteiger partial charge in [0, 0.05) is 0 Å². The lowest BCUT2D eigenvalue weighted by atomic mass is 9.98. The van der Waals surface area contributed by atoms with Gasteiger partial charge in [-0.25, -0.2) is 0 Å². The number of rotatable bonds is 7. The fourth-order valence-electron chi connectivity index (χ4n) is 1.39. The zero-order valence-electron chi connectivity index (χ0n) is 9.18. The quantitative estimate of drug-likeness (QED) is 0.433. The number of hydrogen-bond acceptors (Lipinski definition) is 1. The minimum atomic E-state index is 0.594. The Bertz CT molecular complexity index is 155. The van der Waals surface area contributed by atoms with E-state index < -0.39 is 0 Å². The Kier molecular flexibility index (Phi) is 7.66. The third kappa shape index (κ3) is 5.62. The van der Waals surface area contributed by atoms with Gasteiger partial charge in [-0.05, 0) is 37.2 Å². The summed E-state index contributed by atoms with van der Waals surface area (Å²) in [7, 11) is 0. The van der Waals surface area contributed by atoms with Crippen LogP contribution in [0.4, 0.5) is 0 Å². The van der Waals surface area contributed by atoms with Gasteiger partial charge in [-0.15, -0.1) is 0 Å². The van der Waals surface area contributed by atoms with Crippen molar-refractivity contribution in [3.05, 3.63) is 11.6 Å². The average Bonchev–Trinajstić information content (AvgIpc) is 2.19. The molecule has 0 bridgehead atoms. The fourth-order valence-corrected chi connectivity index (χ4v) is 1.39. The Labute approximate surface area is 82.2 Å². The zero-order valence-corrected chi connectivity index (χ0v) is 9.18. The third-order valence-electron chi connectivity index (χ3n) is 2.47. The molecule has 0 unspecified atom stereocenters. The first-order valence-corrected chi connectivity index (χ1v) is 5.44. The van der Waals surface area contributed by atoms with E-state index in [0.717, 1.165) is 44.0 Å². The SMILES string of the molecule is CCCCC(C=O)=CC(CC)CC. The Morgan fingerprint density at radius 3 is 2.23 bits per heavy atom. The van der Waals surface area contributed by atoms with Crippen LogP contribution < -0.4 is 0 Å². The van der Waals surface area contributed by atoms with Crippen LogP contribution in [-0.4, -0.2) is 6.29 Å². The van der Waals surface area contributed by atoms with Gasteiger partial charge >= 0.3 is 0 Å². The van der Waals surface area contributed by atoms with Crippen molar-refractivity contribution in [2.45, 2.75) is 52.9 Å². The molecule has 0 radical (unpaired) electrons. The van der Waals surface area contributed by atoms with Crippen LogP contribution in [0.2, 0.25) is 0 Å². The summed E-state index contributed by atoms with van der Waals surface area (Å²) < 4.78 is 0. The van der Waals surface area contributed by atoms with E-state index in [2.05, 4.69) is 26.8 Å². The monoisotopic (exact) mass is 182 g/mol. The Morgan fingerprint density at radius 2 is 1.85 bits per heavy atom. The highest BCUT2D eigenvalue weighted by molar-refractivity contribution is 5.73. The minimum absolute atomic E-state index is 0.594. The number of carbonyl (C=O) groups is 1. The Balaban J connectivity index is 4.09. The highest BCUT2D eigenvalue weighted by Crippen LogP contribution is 2.14. The minimum Gasteiger partial charge on any atom is -0.298 e. The van der Waals surface area contributed by atoms with E-state index >= 15 is 0 Å². The van der Waals surface area contributed by atoms with Crippen molar-refractivity contribution < 1.29 is 4.79 Å². The zero-order chi connectivity index (χ0) is 10.1. The van der Waals surface area contributed by atoms with Crippen LogP contribution in [0.1, 0.15) is 52.9 Å². The summed E-state index contributed by atoms with van der Waals surface area (Å²) in [6.07, 6.45) is 8.70. The molecule has 0 aliphatic heterocycles.